The van der Waals surface area contributed by atoms with Crippen molar-refractivity contribution in [2.24, 2.45) is 0 Å². The van der Waals surface area contributed by atoms with Crippen molar-refractivity contribution in [3.05, 3.63) is 52.1 Å². The first kappa shape index (κ1) is 21.7. The first-order valence-electron chi connectivity index (χ1n) is 8.93. The topological polar surface area (TPSA) is 48.5 Å². The summed E-state index contributed by atoms with van der Waals surface area (Å²) in [6, 6.07) is 6.28. The van der Waals surface area contributed by atoms with Crippen LogP contribution in [-0.2, 0) is 11.0 Å². The predicted molar refractivity (Wildman–Crippen MR) is 108 cm³/mol. The molecule has 5 nitrogen and oxygen atoms in total. The smallest absolute Gasteiger partial charge is 0.354 e. The van der Waals surface area contributed by atoms with Crippen molar-refractivity contribution in [2.45, 2.75) is 19.1 Å². The number of hydrogen-bond acceptors (Lipinski definition) is 4. The lowest BCUT2D eigenvalue weighted by molar-refractivity contribution is -0.137. The van der Waals surface area contributed by atoms with E-state index < -0.39 is 23.7 Å². The van der Waals surface area contributed by atoms with Crippen molar-refractivity contribution in [2.75, 3.05) is 36.4 Å². The van der Waals surface area contributed by atoms with Gasteiger partial charge in [0.15, 0.2) is 0 Å². The molecular weight excluding hydrogens is 428 g/mol. The van der Waals surface area contributed by atoms with Crippen LogP contribution >= 0.6 is 23.2 Å². The standard InChI is InChI=1S/C19H19Cl2F3N4O/c1-12(18(29)26-16-4-2-13(20)10-15(16)19(22,23)24)27-6-8-28(9-7-27)17-5-3-14(21)11-25-17/h2-5,10-12H,6-9H2,1H3,(H,26,29). The maximum absolute atomic E-state index is 13.2. The molecule has 0 radical (unpaired) electrons. The average molecular weight is 447 g/mol. The molecule has 156 valence electrons. The van der Waals surface area contributed by atoms with Crippen molar-refractivity contribution in [3.8, 4) is 0 Å². The van der Waals surface area contributed by atoms with Gasteiger partial charge in [0.05, 0.1) is 22.3 Å². The summed E-state index contributed by atoms with van der Waals surface area (Å²) in [5, 5.41) is 2.90. The van der Waals surface area contributed by atoms with E-state index in [1.54, 1.807) is 19.2 Å². The number of pyridine rings is 1. The molecule has 1 amide bonds. The first-order chi connectivity index (χ1) is 13.6. The third kappa shape index (κ3) is 5.32. The molecular formula is C19H19Cl2F3N4O. The molecule has 1 unspecified atom stereocenters. The van der Waals surface area contributed by atoms with Crippen LogP contribution in [0.3, 0.4) is 0 Å². The fourth-order valence-corrected chi connectivity index (χ4v) is 3.44. The summed E-state index contributed by atoms with van der Waals surface area (Å²) in [5.74, 6) is 0.290. The maximum atomic E-state index is 13.2. The molecule has 2 heterocycles. The fraction of sp³-hybridized carbons (Fsp3) is 0.368. The molecule has 0 bridgehead atoms. The number of piperazine rings is 1. The summed E-state index contributed by atoms with van der Waals surface area (Å²) in [6.45, 7) is 4.11. The number of aromatic nitrogens is 1. The third-order valence-corrected chi connectivity index (χ3v) is 5.28. The highest BCUT2D eigenvalue weighted by molar-refractivity contribution is 6.31. The Labute approximate surface area is 176 Å². The van der Waals surface area contributed by atoms with E-state index in [0.717, 1.165) is 11.9 Å². The number of nitrogens with zero attached hydrogens (tertiary/aromatic N) is 3. The first-order valence-corrected chi connectivity index (χ1v) is 9.69. The molecule has 10 heteroatoms. The number of alkyl halides is 3. The van der Waals surface area contributed by atoms with Gasteiger partial charge in [0.1, 0.15) is 5.82 Å². The second-order valence-electron chi connectivity index (χ2n) is 6.71. The van der Waals surface area contributed by atoms with E-state index in [9.17, 15) is 18.0 Å². The van der Waals surface area contributed by atoms with E-state index in [0.29, 0.717) is 31.2 Å². The monoisotopic (exact) mass is 446 g/mol. The van der Waals surface area contributed by atoms with E-state index >= 15 is 0 Å². The Kier molecular flexibility index (Phi) is 6.55. The molecule has 2 aromatic rings. The molecule has 1 saturated heterocycles. The van der Waals surface area contributed by atoms with Gasteiger partial charge in [-0.25, -0.2) is 4.98 Å². The van der Waals surface area contributed by atoms with Gasteiger partial charge in [-0.3, -0.25) is 9.69 Å². The van der Waals surface area contributed by atoms with Crippen molar-refractivity contribution in [3.63, 3.8) is 0 Å². The van der Waals surface area contributed by atoms with Gasteiger partial charge < -0.3 is 10.2 Å². The number of amides is 1. The number of halogens is 5. The van der Waals surface area contributed by atoms with Crippen molar-refractivity contribution in [1.29, 1.82) is 0 Å². The summed E-state index contributed by atoms with van der Waals surface area (Å²) < 4.78 is 39.7. The zero-order valence-corrected chi connectivity index (χ0v) is 17.0. The van der Waals surface area contributed by atoms with Crippen molar-refractivity contribution < 1.29 is 18.0 Å². The molecule has 1 aromatic carbocycles. The molecule has 0 saturated carbocycles. The van der Waals surface area contributed by atoms with Gasteiger partial charge in [-0.05, 0) is 37.3 Å². The lowest BCUT2D eigenvalue weighted by atomic mass is 10.1. The van der Waals surface area contributed by atoms with Gasteiger partial charge in [0, 0.05) is 37.4 Å². The van der Waals surface area contributed by atoms with Crippen LogP contribution < -0.4 is 10.2 Å². The van der Waals surface area contributed by atoms with E-state index in [1.165, 1.54) is 12.1 Å². The molecule has 0 aliphatic carbocycles. The number of nitrogens with one attached hydrogen (secondary N) is 1. The van der Waals surface area contributed by atoms with E-state index in [2.05, 4.69) is 15.2 Å². The lowest BCUT2D eigenvalue weighted by Crippen LogP contribution is -2.53. The Morgan fingerprint density at radius 3 is 2.34 bits per heavy atom. The Morgan fingerprint density at radius 1 is 1.10 bits per heavy atom. The number of hydrogen-bond donors (Lipinski definition) is 1. The molecule has 1 N–H and O–H groups in total. The van der Waals surface area contributed by atoms with Crippen LogP contribution in [0, 0.1) is 0 Å². The highest BCUT2D eigenvalue weighted by Gasteiger charge is 2.35. The van der Waals surface area contributed by atoms with Crippen LogP contribution in [0.25, 0.3) is 0 Å². The maximum Gasteiger partial charge on any atom is 0.418 e. The highest BCUT2D eigenvalue weighted by atomic mass is 35.5. The van der Waals surface area contributed by atoms with Gasteiger partial charge >= 0.3 is 6.18 Å². The minimum Gasteiger partial charge on any atom is -0.354 e. The SMILES string of the molecule is CC(C(=O)Nc1ccc(Cl)cc1C(F)(F)F)N1CCN(c2ccc(Cl)cn2)CC1. The summed E-state index contributed by atoms with van der Waals surface area (Å²) in [6.07, 6.45) is -3.04. The average Bonchev–Trinajstić information content (AvgIpc) is 2.68. The molecule has 3 rings (SSSR count). The Balaban J connectivity index is 1.62. The zero-order valence-electron chi connectivity index (χ0n) is 15.5. The van der Waals surface area contributed by atoms with Crippen LogP contribution in [0.2, 0.25) is 10.0 Å². The number of rotatable bonds is 4. The van der Waals surface area contributed by atoms with Gasteiger partial charge in [0.2, 0.25) is 5.91 Å². The summed E-state index contributed by atoms with van der Waals surface area (Å²) >= 11 is 11.5. The quantitative estimate of drug-likeness (QED) is 0.747. The van der Waals surface area contributed by atoms with E-state index in [1.807, 2.05) is 11.0 Å². The summed E-state index contributed by atoms with van der Waals surface area (Å²) in [7, 11) is 0. The van der Waals surface area contributed by atoms with Gasteiger partial charge in [-0.1, -0.05) is 23.2 Å². The second kappa shape index (κ2) is 8.77. The molecule has 0 spiro atoms. The molecule has 1 aliphatic rings. The normalized spacial score (nSPS) is 16.6. The van der Waals surface area contributed by atoms with Gasteiger partial charge in [-0.15, -0.1) is 0 Å². The van der Waals surface area contributed by atoms with Gasteiger partial charge in [-0.2, -0.15) is 13.2 Å². The van der Waals surface area contributed by atoms with E-state index in [4.69, 9.17) is 23.2 Å². The number of carbonyl (C=O) groups is 1. The van der Waals surface area contributed by atoms with Crippen molar-refractivity contribution in [1.82, 2.24) is 9.88 Å². The van der Waals surface area contributed by atoms with Crippen molar-refractivity contribution >= 4 is 40.6 Å². The minimum atomic E-state index is -4.62. The Hall–Kier alpha value is -2.03. The van der Waals surface area contributed by atoms with Crippen LogP contribution in [0.5, 0.6) is 0 Å². The Morgan fingerprint density at radius 2 is 1.76 bits per heavy atom. The van der Waals surface area contributed by atoms with Gasteiger partial charge in [0.25, 0.3) is 0 Å². The molecule has 1 atom stereocenters. The zero-order chi connectivity index (χ0) is 21.2. The molecule has 29 heavy (non-hydrogen) atoms. The summed E-state index contributed by atoms with van der Waals surface area (Å²) in [5.41, 5.74) is -1.27. The third-order valence-electron chi connectivity index (χ3n) is 4.82. The second-order valence-corrected chi connectivity index (χ2v) is 7.58. The summed E-state index contributed by atoms with van der Waals surface area (Å²) in [4.78, 5) is 20.8. The number of carbonyl (C=O) groups excluding carboxylic acids is 1. The lowest BCUT2D eigenvalue weighted by Gasteiger charge is -2.38. The largest absolute Gasteiger partial charge is 0.418 e. The van der Waals surface area contributed by atoms with Crippen LogP contribution in [0.15, 0.2) is 36.5 Å². The molecule has 1 fully saturated rings. The highest BCUT2D eigenvalue weighted by Crippen LogP contribution is 2.36. The molecule has 1 aliphatic heterocycles. The van der Waals surface area contributed by atoms with Crippen LogP contribution in [0.1, 0.15) is 12.5 Å². The minimum absolute atomic E-state index is 0.0460. The number of benzene rings is 1. The van der Waals surface area contributed by atoms with Crippen LogP contribution in [0.4, 0.5) is 24.7 Å². The fourth-order valence-electron chi connectivity index (χ4n) is 3.16. The van der Waals surface area contributed by atoms with E-state index in [-0.39, 0.29) is 10.7 Å². The predicted octanol–water partition coefficient (Wildman–Crippen LogP) is 4.56. The van der Waals surface area contributed by atoms with Crippen LogP contribution in [-0.4, -0.2) is 48.0 Å². The molecule has 1 aromatic heterocycles. The number of anilines is 2. The Bertz CT molecular complexity index is 869.